The molecule has 86 valence electrons. The fourth-order valence-electron chi connectivity index (χ4n) is 1.40. The number of aromatic nitrogens is 1. The van der Waals surface area contributed by atoms with Crippen molar-refractivity contribution >= 4 is 10.0 Å². The van der Waals surface area contributed by atoms with Gasteiger partial charge in [0.2, 0.25) is 10.0 Å². The third-order valence-electron chi connectivity index (χ3n) is 2.28. The summed E-state index contributed by atoms with van der Waals surface area (Å²) in [6, 6.07) is 1.58. The first-order valence-electron chi connectivity index (χ1n) is 4.93. The van der Waals surface area contributed by atoms with Crippen molar-refractivity contribution in [1.82, 2.24) is 9.29 Å². The molecule has 1 rings (SSSR count). The summed E-state index contributed by atoms with van der Waals surface area (Å²) < 4.78 is 25.4. The zero-order valence-corrected chi connectivity index (χ0v) is 9.84. The normalized spacial score (nSPS) is 12.3. The summed E-state index contributed by atoms with van der Waals surface area (Å²) >= 11 is 0. The van der Waals surface area contributed by atoms with Gasteiger partial charge in [0.25, 0.3) is 0 Å². The Morgan fingerprint density at radius 1 is 1.40 bits per heavy atom. The highest BCUT2D eigenvalue weighted by Crippen LogP contribution is 2.15. The first-order chi connectivity index (χ1) is 7.06. The van der Waals surface area contributed by atoms with Gasteiger partial charge in [-0.2, -0.15) is 4.31 Å². The Kier molecular flexibility index (Phi) is 3.90. The van der Waals surface area contributed by atoms with E-state index in [0.29, 0.717) is 19.6 Å². The largest absolute Gasteiger partial charge is 0.363 e. The van der Waals surface area contributed by atoms with Crippen molar-refractivity contribution in [3.63, 3.8) is 0 Å². The first kappa shape index (κ1) is 12.2. The summed E-state index contributed by atoms with van der Waals surface area (Å²) in [5.41, 5.74) is 6.13. The van der Waals surface area contributed by atoms with Crippen molar-refractivity contribution < 1.29 is 8.42 Å². The van der Waals surface area contributed by atoms with Crippen LogP contribution in [0.4, 0.5) is 0 Å². The lowest BCUT2D eigenvalue weighted by Crippen LogP contribution is -2.30. The highest BCUT2D eigenvalue weighted by Gasteiger charge is 2.22. The molecular formula is C9H17N3O2S. The summed E-state index contributed by atoms with van der Waals surface area (Å²) in [6.07, 6.45) is 1.48. The van der Waals surface area contributed by atoms with E-state index in [-0.39, 0.29) is 4.90 Å². The summed E-state index contributed by atoms with van der Waals surface area (Å²) in [7, 11) is -3.34. The minimum absolute atomic E-state index is 0.284. The number of hydrogen-bond donors (Lipinski definition) is 2. The second-order valence-corrected chi connectivity index (χ2v) is 5.09. The smallest absolute Gasteiger partial charge is 0.244 e. The molecule has 0 aliphatic carbocycles. The quantitative estimate of drug-likeness (QED) is 0.774. The molecule has 0 amide bonds. The van der Waals surface area contributed by atoms with E-state index in [1.54, 1.807) is 6.07 Å². The van der Waals surface area contributed by atoms with Crippen LogP contribution in [0, 0.1) is 0 Å². The molecule has 0 aliphatic heterocycles. The van der Waals surface area contributed by atoms with Gasteiger partial charge in [-0.05, 0) is 6.07 Å². The predicted molar refractivity (Wildman–Crippen MR) is 58.8 cm³/mol. The molecule has 5 nitrogen and oxygen atoms in total. The molecule has 0 bridgehead atoms. The van der Waals surface area contributed by atoms with Gasteiger partial charge in [0, 0.05) is 31.5 Å². The van der Waals surface area contributed by atoms with Gasteiger partial charge in [-0.25, -0.2) is 8.42 Å². The van der Waals surface area contributed by atoms with E-state index in [1.165, 1.54) is 10.5 Å². The Labute approximate surface area is 90.3 Å². The van der Waals surface area contributed by atoms with Gasteiger partial charge >= 0.3 is 0 Å². The molecule has 0 fully saturated rings. The van der Waals surface area contributed by atoms with Crippen LogP contribution in [-0.4, -0.2) is 30.8 Å². The molecule has 3 N–H and O–H groups in total. The summed E-state index contributed by atoms with van der Waals surface area (Å²) in [5.74, 6) is 0. The van der Waals surface area contributed by atoms with Crippen LogP contribution >= 0.6 is 0 Å². The zero-order valence-electron chi connectivity index (χ0n) is 9.03. The molecule has 0 saturated carbocycles. The van der Waals surface area contributed by atoms with Gasteiger partial charge in [0.1, 0.15) is 0 Å². The fourth-order valence-corrected chi connectivity index (χ4v) is 2.88. The van der Waals surface area contributed by atoms with Crippen LogP contribution < -0.4 is 5.73 Å². The van der Waals surface area contributed by atoms with Crippen LogP contribution in [0.25, 0.3) is 0 Å². The average molecular weight is 231 g/mol. The second-order valence-electron chi connectivity index (χ2n) is 3.15. The third kappa shape index (κ3) is 2.39. The summed E-state index contributed by atoms with van der Waals surface area (Å²) in [6.45, 7) is 4.90. The van der Waals surface area contributed by atoms with Gasteiger partial charge in [0.15, 0.2) is 0 Å². The van der Waals surface area contributed by atoms with Gasteiger partial charge in [-0.15, -0.1) is 0 Å². The molecule has 0 atom stereocenters. The third-order valence-corrected chi connectivity index (χ3v) is 4.31. The molecule has 15 heavy (non-hydrogen) atoms. The molecular weight excluding hydrogens is 214 g/mol. The van der Waals surface area contributed by atoms with Gasteiger partial charge in [-0.3, -0.25) is 0 Å². The Morgan fingerprint density at radius 2 is 2.00 bits per heavy atom. The lowest BCUT2D eigenvalue weighted by Gasteiger charge is -2.16. The Balaban J connectivity index is 3.04. The number of nitrogens with two attached hydrogens (primary N) is 1. The highest BCUT2D eigenvalue weighted by molar-refractivity contribution is 7.89. The molecule has 6 heteroatoms. The average Bonchev–Trinajstić information content (AvgIpc) is 2.67. The van der Waals surface area contributed by atoms with Gasteiger partial charge in [0.05, 0.1) is 4.90 Å². The maximum atomic E-state index is 12.0. The molecule has 0 spiro atoms. The van der Waals surface area contributed by atoms with Crippen molar-refractivity contribution in [3.8, 4) is 0 Å². The van der Waals surface area contributed by atoms with Gasteiger partial charge in [-0.1, -0.05) is 13.8 Å². The van der Waals surface area contributed by atoms with Crippen molar-refractivity contribution in [2.45, 2.75) is 25.3 Å². The van der Waals surface area contributed by atoms with Crippen molar-refractivity contribution in [2.24, 2.45) is 5.73 Å². The second kappa shape index (κ2) is 4.78. The Bertz CT molecular complexity index is 407. The number of nitrogens with one attached hydrogen (secondary N) is 1. The van der Waals surface area contributed by atoms with Crippen molar-refractivity contribution in [1.29, 1.82) is 0 Å². The van der Waals surface area contributed by atoms with E-state index in [2.05, 4.69) is 4.98 Å². The number of aromatic amines is 1. The molecule has 1 aromatic heterocycles. The number of H-pyrrole nitrogens is 1. The monoisotopic (exact) mass is 231 g/mol. The van der Waals surface area contributed by atoms with Crippen LogP contribution in [0.3, 0.4) is 0 Å². The van der Waals surface area contributed by atoms with Crippen LogP contribution in [0.2, 0.25) is 0 Å². The van der Waals surface area contributed by atoms with Gasteiger partial charge < -0.3 is 10.7 Å². The van der Waals surface area contributed by atoms with Crippen LogP contribution in [0.15, 0.2) is 17.2 Å². The summed E-state index contributed by atoms with van der Waals surface area (Å²) in [5, 5.41) is 0. The van der Waals surface area contributed by atoms with Crippen LogP contribution in [0.1, 0.15) is 19.5 Å². The number of nitrogens with zero attached hydrogens (tertiary/aromatic N) is 1. The topological polar surface area (TPSA) is 79.2 Å². The predicted octanol–water partition coefficient (Wildman–Crippen LogP) is 0.504. The Hall–Kier alpha value is -0.850. The minimum Gasteiger partial charge on any atom is -0.363 e. The van der Waals surface area contributed by atoms with E-state index in [1.807, 2.05) is 13.8 Å². The molecule has 0 saturated heterocycles. The number of rotatable bonds is 5. The maximum Gasteiger partial charge on any atom is 0.244 e. The highest BCUT2D eigenvalue weighted by atomic mass is 32.2. The lowest BCUT2D eigenvalue weighted by molar-refractivity contribution is 0.445. The molecule has 1 aromatic rings. The summed E-state index contributed by atoms with van der Waals surface area (Å²) in [4.78, 5) is 3.12. The van der Waals surface area contributed by atoms with Crippen LogP contribution in [-0.2, 0) is 16.6 Å². The van der Waals surface area contributed by atoms with Crippen molar-refractivity contribution in [2.75, 3.05) is 13.1 Å². The van der Waals surface area contributed by atoms with E-state index < -0.39 is 10.0 Å². The Morgan fingerprint density at radius 3 is 2.40 bits per heavy atom. The van der Waals surface area contributed by atoms with E-state index >= 15 is 0 Å². The first-order valence-corrected chi connectivity index (χ1v) is 6.37. The lowest BCUT2D eigenvalue weighted by atomic mass is 10.4. The zero-order chi connectivity index (χ0) is 11.5. The SMILES string of the molecule is CCN(CC)S(=O)(=O)c1c[nH]c(CN)c1. The van der Waals surface area contributed by atoms with Crippen LogP contribution in [0.5, 0.6) is 0 Å². The minimum atomic E-state index is -3.34. The maximum absolute atomic E-state index is 12.0. The van der Waals surface area contributed by atoms with E-state index in [4.69, 9.17) is 5.73 Å². The number of sulfonamides is 1. The van der Waals surface area contributed by atoms with E-state index in [9.17, 15) is 8.42 Å². The van der Waals surface area contributed by atoms with E-state index in [0.717, 1.165) is 5.69 Å². The van der Waals surface area contributed by atoms with Crippen molar-refractivity contribution in [3.05, 3.63) is 18.0 Å². The fraction of sp³-hybridized carbons (Fsp3) is 0.556. The number of hydrogen-bond acceptors (Lipinski definition) is 3. The standard InChI is InChI=1S/C9H17N3O2S/c1-3-12(4-2)15(13,14)9-5-8(6-10)11-7-9/h5,7,11H,3-4,6,10H2,1-2H3. The molecule has 1 heterocycles. The molecule has 0 unspecified atom stereocenters. The molecule has 0 radical (unpaired) electrons. The molecule has 0 aliphatic rings. The molecule has 0 aromatic carbocycles.